The van der Waals surface area contributed by atoms with E-state index in [0.29, 0.717) is 5.56 Å². The predicted octanol–water partition coefficient (Wildman–Crippen LogP) is 1.45. The number of amides is 1. The topological polar surface area (TPSA) is 55.4 Å². The Hall–Kier alpha value is -0.630. The average Bonchev–Trinajstić information content (AvgIpc) is 2.77. The fraction of sp³-hybridized carbons (Fsp3) is 0.333. The molecule has 1 rings (SSSR count). The predicted molar refractivity (Wildman–Crippen MR) is 66.5 cm³/mol. The molecule has 0 radical (unpaired) electrons. The number of thiophene rings is 1. The van der Waals surface area contributed by atoms with Crippen molar-refractivity contribution in [1.29, 1.82) is 0 Å². The molecule has 1 unspecified atom stereocenters. The molecule has 1 amide bonds. The smallest absolute Gasteiger partial charge is 0.320 e. The van der Waals surface area contributed by atoms with Crippen LogP contribution in [-0.4, -0.2) is 29.5 Å². The number of methoxy groups -OCH3 is 1. The maximum absolute atomic E-state index is 11.5. The Kier molecular flexibility index (Phi) is 5.03. The number of hydrogen-bond acceptors (Lipinski definition) is 4. The summed E-state index contributed by atoms with van der Waals surface area (Å²) < 4.78 is 4.19. The summed E-state index contributed by atoms with van der Waals surface area (Å²) in [4.78, 5) is 22.5. The van der Waals surface area contributed by atoms with Crippen molar-refractivity contribution in [3.63, 3.8) is 0 Å². The van der Waals surface area contributed by atoms with Gasteiger partial charge in [0, 0.05) is 17.5 Å². The van der Waals surface area contributed by atoms with Crippen molar-refractivity contribution in [3.8, 4) is 0 Å². The van der Waals surface area contributed by atoms with Crippen LogP contribution in [0.5, 0.6) is 0 Å². The molecule has 1 heterocycles. The molecule has 0 aromatic carbocycles. The van der Waals surface area contributed by atoms with Crippen LogP contribution in [0.4, 0.5) is 0 Å². The lowest BCUT2D eigenvalue weighted by Crippen LogP contribution is -2.33. The second-order valence-corrected chi connectivity index (χ2v) is 5.00. The van der Waals surface area contributed by atoms with E-state index in [9.17, 15) is 9.59 Å². The number of alkyl halides is 1. The average molecular weight is 339 g/mol. The van der Waals surface area contributed by atoms with Gasteiger partial charge in [-0.2, -0.15) is 11.3 Å². The summed E-state index contributed by atoms with van der Waals surface area (Å²) in [6, 6.07) is 1.74. The molecule has 0 aliphatic rings. The molecule has 82 valence electrons. The molecule has 15 heavy (non-hydrogen) atoms. The van der Waals surface area contributed by atoms with E-state index in [0.717, 1.165) is 0 Å². The molecule has 0 saturated carbocycles. The third-order valence-corrected chi connectivity index (χ3v) is 3.31. The van der Waals surface area contributed by atoms with Crippen LogP contribution >= 0.6 is 33.9 Å². The van der Waals surface area contributed by atoms with Gasteiger partial charge in [0.05, 0.1) is 7.11 Å². The van der Waals surface area contributed by atoms with Crippen molar-refractivity contribution in [1.82, 2.24) is 5.32 Å². The molecule has 6 heteroatoms. The standard InChI is InChI=1S/C9H10INO3S/c1-14-9(13)7(10)4-11-8(12)6-2-3-15-5-6/h2-3,5,7H,4H2,1H3,(H,11,12). The van der Waals surface area contributed by atoms with Crippen LogP contribution in [0.15, 0.2) is 16.8 Å². The molecule has 1 atom stereocenters. The van der Waals surface area contributed by atoms with Crippen LogP contribution in [0.1, 0.15) is 10.4 Å². The summed E-state index contributed by atoms with van der Waals surface area (Å²) in [7, 11) is 1.33. The summed E-state index contributed by atoms with van der Waals surface area (Å²) in [6.07, 6.45) is 0. The van der Waals surface area contributed by atoms with Gasteiger partial charge in [0.1, 0.15) is 3.92 Å². The van der Waals surface area contributed by atoms with Crippen LogP contribution in [0.2, 0.25) is 0 Å². The minimum absolute atomic E-state index is 0.165. The van der Waals surface area contributed by atoms with E-state index in [1.165, 1.54) is 18.4 Å². The molecular weight excluding hydrogens is 329 g/mol. The highest BCUT2D eigenvalue weighted by atomic mass is 127. The van der Waals surface area contributed by atoms with E-state index in [2.05, 4.69) is 10.1 Å². The number of esters is 1. The van der Waals surface area contributed by atoms with E-state index in [-0.39, 0.29) is 22.3 Å². The maximum Gasteiger partial charge on any atom is 0.320 e. The largest absolute Gasteiger partial charge is 0.468 e. The first-order chi connectivity index (χ1) is 7.15. The van der Waals surface area contributed by atoms with E-state index < -0.39 is 0 Å². The number of hydrogen-bond donors (Lipinski definition) is 1. The molecule has 0 bridgehead atoms. The van der Waals surface area contributed by atoms with E-state index >= 15 is 0 Å². The van der Waals surface area contributed by atoms with Crippen molar-refractivity contribution < 1.29 is 14.3 Å². The second-order valence-electron chi connectivity index (χ2n) is 2.71. The Morgan fingerprint density at radius 3 is 2.93 bits per heavy atom. The lowest BCUT2D eigenvalue weighted by molar-refractivity contribution is -0.139. The zero-order chi connectivity index (χ0) is 11.3. The normalized spacial score (nSPS) is 11.9. The van der Waals surface area contributed by atoms with Crippen LogP contribution in [0, 0.1) is 0 Å². The lowest BCUT2D eigenvalue weighted by atomic mass is 10.3. The third-order valence-electron chi connectivity index (χ3n) is 1.68. The summed E-state index contributed by atoms with van der Waals surface area (Å²) in [5.41, 5.74) is 0.619. The Labute approximate surface area is 105 Å². The van der Waals surface area contributed by atoms with Gasteiger partial charge in [0.25, 0.3) is 5.91 Å². The van der Waals surface area contributed by atoms with Crippen molar-refractivity contribution in [2.75, 3.05) is 13.7 Å². The first kappa shape index (κ1) is 12.4. The minimum Gasteiger partial charge on any atom is -0.468 e. The molecule has 0 aliphatic heterocycles. The van der Waals surface area contributed by atoms with Crippen molar-refractivity contribution in [3.05, 3.63) is 22.4 Å². The van der Waals surface area contributed by atoms with Gasteiger partial charge in [-0.05, 0) is 11.4 Å². The van der Waals surface area contributed by atoms with Gasteiger partial charge < -0.3 is 10.1 Å². The Bertz CT molecular complexity index is 339. The number of carbonyl (C=O) groups excluding carboxylic acids is 2. The number of ether oxygens (including phenoxy) is 1. The first-order valence-electron chi connectivity index (χ1n) is 4.17. The molecule has 1 aromatic heterocycles. The molecular formula is C9H10INO3S. The highest BCUT2D eigenvalue weighted by molar-refractivity contribution is 14.1. The van der Waals surface area contributed by atoms with Crippen LogP contribution in [0.25, 0.3) is 0 Å². The van der Waals surface area contributed by atoms with E-state index in [1.54, 1.807) is 11.4 Å². The van der Waals surface area contributed by atoms with Gasteiger partial charge in [-0.3, -0.25) is 9.59 Å². The number of rotatable bonds is 4. The zero-order valence-corrected chi connectivity index (χ0v) is 11.0. The number of halogens is 1. The van der Waals surface area contributed by atoms with Gasteiger partial charge in [0.2, 0.25) is 0 Å². The Morgan fingerprint density at radius 1 is 1.67 bits per heavy atom. The Morgan fingerprint density at radius 2 is 2.40 bits per heavy atom. The fourth-order valence-corrected chi connectivity index (χ4v) is 2.00. The van der Waals surface area contributed by atoms with Crippen molar-refractivity contribution >= 4 is 45.8 Å². The van der Waals surface area contributed by atoms with Gasteiger partial charge in [-0.25, -0.2) is 0 Å². The van der Waals surface area contributed by atoms with Crippen molar-refractivity contribution in [2.45, 2.75) is 3.92 Å². The van der Waals surface area contributed by atoms with Gasteiger partial charge >= 0.3 is 5.97 Å². The van der Waals surface area contributed by atoms with Gasteiger partial charge in [-0.1, -0.05) is 22.6 Å². The summed E-state index contributed by atoms with van der Waals surface area (Å²) in [5, 5.41) is 6.25. The molecule has 0 aliphatic carbocycles. The molecule has 1 aromatic rings. The fourth-order valence-electron chi connectivity index (χ4n) is 0.889. The first-order valence-corrected chi connectivity index (χ1v) is 6.36. The van der Waals surface area contributed by atoms with E-state index in [4.69, 9.17) is 0 Å². The van der Waals surface area contributed by atoms with E-state index in [1.807, 2.05) is 28.0 Å². The Balaban J connectivity index is 2.38. The SMILES string of the molecule is COC(=O)C(I)CNC(=O)c1ccsc1. The molecule has 4 nitrogen and oxygen atoms in total. The lowest BCUT2D eigenvalue weighted by Gasteiger charge is -2.08. The van der Waals surface area contributed by atoms with Crippen LogP contribution in [-0.2, 0) is 9.53 Å². The highest BCUT2D eigenvalue weighted by Gasteiger charge is 2.16. The number of carbonyl (C=O) groups is 2. The molecule has 0 saturated heterocycles. The number of nitrogens with one attached hydrogen (secondary N) is 1. The second kappa shape index (κ2) is 6.06. The van der Waals surface area contributed by atoms with Gasteiger partial charge in [-0.15, -0.1) is 0 Å². The summed E-state index contributed by atoms with van der Waals surface area (Å²) in [5.74, 6) is -0.497. The quantitative estimate of drug-likeness (QED) is 0.513. The molecule has 0 fully saturated rings. The van der Waals surface area contributed by atoms with Crippen LogP contribution < -0.4 is 5.32 Å². The summed E-state index contributed by atoms with van der Waals surface area (Å²) in [6.45, 7) is 0.280. The van der Waals surface area contributed by atoms with Crippen LogP contribution in [0.3, 0.4) is 0 Å². The monoisotopic (exact) mass is 339 g/mol. The zero-order valence-electron chi connectivity index (χ0n) is 8.03. The molecule has 0 spiro atoms. The highest BCUT2D eigenvalue weighted by Crippen LogP contribution is 2.06. The maximum atomic E-state index is 11.5. The van der Waals surface area contributed by atoms with Crippen molar-refractivity contribution in [2.24, 2.45) is 0 Å². The minimum atomic E-state index is -0.352. The van der Waals surface area contributed by atoms with Gasteiger partial charge in [0.15, 0.2) is 0 Å². The third kappa shape index (κ3) is 3.78. The molecule has 1 N–H and O–H groups in total. The summed E-state index contributed by atoms with van der Waals surface area (Å²) >= 11 is 3.39.